The second-order valence-electron chi connectivity index (χ2n) is 5.29. The molecule has 1 amide bonds. The molecule has 0 saturated carbocycles. The van der Waals surface area contributed by atoms with Gasteiger partial charge in [0.15, 0.2) is 0 Å². The first kappa shape index (κ1) is 16.5. The van der Waals surface area contributed by atoms with Crippen molar-refractivity contribution in [3.63, 3.8) is 0 Å². The lowest BCUT2D eigenvalue weighted by molar-refractivity contribution is 0.102. The summed E-state index contributed by atoms with van der Waals surface area (Å²) in [7, 11) is 1.54. The Morgan fingerprint density at radius 1 is 1.38 bits per heavy atom. The number of carbonyl (C=O) groups excluding carboxylic acids is 1. The molecule has 0 aliphatic carbocycles. The minimum Gasteiger partial charge on any atom is -0.495 e. The maximum Gasteiger partial charge on any atom is 0.255 e. The third kappa shape index (κ3) is 3.96. The number of aromatic nitrogens is 1. The van der Waals surface area contributed by atoms with Gasteiger partial charge in [-0.15, -0.1) is 0 Å². The Labute approximate surface area is 144 Å². The number of nitrogens with one attached hydrogen (secondary N) is 1. The first-order valence-corrected chi connectivity index (χ1v) is 7.89. The summed E-state index contributed by atoms with van der Waals surface area (Å²) in [6.45, 7) is 1.23. The highest BCUT2D eigenvalue weighted by molar-refractivity contribution is 6.32. The molecule has 126 valence electrons. The monoisotopic (exact) mass is 348 g/mol. The minimum absolute atomic E-state index is 0.0174. The summed E-state index contributed by atoms with van der Waals surface area (Å²) in [6, 6.07) is 8.28. The number of hydrogen-bond donors (Lipinski definition) is 1. The third-order valence-corrected chi connectivity index (χ3v) is 3.88. The van der Waals surface area contributed by atoms with E-state index in [0.29, 0.717) is 41.1 Å². The Bertz CT molecular complexity index is 732. The molecular weight excluding hydrogens is 332 g/mol. The van der Waals surface area contributed by atoms with Crippen molar-refractivity contribution < 1.29 is 19.0 Å². The van der Waals surface area contributed by atoms with Crippen LogP contribution in [0.3, 0.4) is 0 Å². The molecule has 1 aromatic heterocycles. The molecule has 24 heavy (non-hydrogen) atoms. The molecule has 2 aromatic rings. The van der Waals surface area contributed by atoms with Crippen molar-refractivity contribution in [1.29, 1.82) is 0 Å². The molecule has 1 saturated heterocycles. The van der Waals surface area contributed by atoms with Gasteiger partial charge in [0.05, 0.1) is 25.3 Å². The zero-order valence-electron chi connectivity index (χ0n) is 13.1. The number of hydrogen-bond acceptors (Lipinski definition) is 5. The van der Waals surface area contributed by atoms with Gasteiger partial charge in [0.2, 0.25) is 5.88 Å². The number of carbonyl (C=O) groups is 1. The summed E-state index contributed by atoms with van der Waals surface area (Å²) < 4.78 is 16.1. The smallest absolute Gasteiger partial charge is 0.255 e. The Morgan fingerprint density at radius 2 is 2.25 bits per heavy atom. The van der Waals surface area contributed by atoms with Crippen molar-refractivity contribution in [2.24, 2.45) is 0 Å². The first-order valence-electron chi connectivity index (χ1n) is 7.51. The van der Waals surface area contributed by atoms with Crippen LogP contribution in [0, 0.1) is 0 Å². The van der Waals surface area contributed by atoms with Crippen molar-refractivity contribution in [1.82, 2.24) is 4.98 Å². The molecule has 0 bridgehead atoms. The van der Waals surface area contributed by atoms with E-state index in [9.17, 15) is 4.79 Å². The van der Waals surface area contributed by atoms with Gasteiger partial charge in [0, 0.05) is 29.9 Å². The lowest BCUT2D eigenvalue weighted by Gasteiger charge is -2.12. The van der Waals surface area contributed by atoms with Gasteiger partial charge in [-0.05, 0) is 24.3 Å². The SMILES string of the molecule is COc1ccc(NC(=O)c2ccnc(O[C@@H]3CCOC3)c2)cc1Cl. The number of pyridine rings is 1. The molecule has 6 nitrogen and oxygen atoms in total. The molecule has 1 aromatic carbocycles. The van der Waals surface area contributed by atoms with Crippen LogP contribution in [-0.2, 0) is 4.74 Å². The van der Waals surface area contributed by atoms with Gasteiger partial charge in [0.1, 0.15) is 11.9 Å². The van der Waals surface area contributed by atoms with Gasteiger partial charge >= 0.3 is 0 Å². The molecule has 1 atom stereocenters. The second kappa shape index (κ2) is 7.51. The average Bonchev–Trinajstić information content (AvgIpc) is 3.08. The van der Waals surface area contributed by atoms with E-state index in [-0.39, 0.29) is 12.0 Å². The van der Waals surface area contributed by atoms with Crippen molar-refractivity contribution >= 4 is 23.2 Å². The van der Waals surface area contributed by atoms with Crippen LogP contribution >= 0.6 is 11.6 Å². The van der Waals surface area contributed by atoms with Gasteiger partial charge in [-0.2, -0.15) is 0 Å². The van der Waals surface area contributed by atoms with Crippen LogP contribution < -0.4 is 14.8 Å². The molecule has 1 aliphatic heterocycles. The fourth-order valence-electron chi connectivity index (χ4n) is 2.34. The van der Waals surface area contributed by atoms with E-state index in [1.165, 1.54) is 7.11 Å². The van der Waals surface area contributed by atoms with Crippen LogP contribution in [0.2, 0.25) is 5.02 Å². The number of halogens is 1. The van der Waals surface area contributed by atoms with Crippen LogP contribution in [0.25, 0.3) is 0 Å². The van der Waals surface area contributed by atoms with E-state index < -0.39 is 0 Å². The largest absolute Gasteiger partial charge is 0.495 e. The van der Waals surface area contributed by atoms with Gasteiger partial charge in [-0.1, -0.05) is 11.6 Å². The zero-order valence-corrected chi connectivity index (χ0v) is 13.9. The maximum atomic E-state index is 12.4. The van der Waals surface area contributed by atoms with Gasteiger partial charge in [-0.3, -0.25) is 4.79 Å². The highest BCUT2D eigenvalue weighted by Gasteiger charge is 2.18. The number of benzene rings is 1. The average molecular weight is 349 g/mol. The van der Waals surface area contributed by atoms with E-state index in [1.54, 1.807) is 36.5 Å². The highest BCUT2D eigenvalue weighted by atomic mass is 35.5. The Morgan fingerprint density at radius 3 is 2.96 bits per heavy atom. The fourth-order valence-corrected chi connectivity index (χ4v) is 2.60. The van der Waals surface area contributed by atoms with E-state index in [1.807, 2.05) is 0 Å². The van der Waals surface area contributed by atoms with Crippen LogP contribution in [0.5, 0.6) is 11.6 Å². The molecule has 1 aliphatic rings. The van der Waals surface area contributed by atoms with Crippen LogP contribution in [0.4, 0.5) is 5.69 Å². The summed E-state index contributed by atoms with van der Waals surface area (Å²) in [6.07, 6.45) is 2.35. The van der Waals surface area contributed by atoms with Crippen molar-refractivity contribution in [3.05, 3.63) is 47.1 Å². The first-order chi connectivity index (χ1) is 11.7. The Kier molecular flexibility index (Phi) is 5.17. The number of anilines is 1. The summed E-state index contributed by atoms with van der Waals surface area (Å²) >= 11 is 6.06. The maximum absolute atomic E-state index is 12.4. The second-order valence-corrected chi connectivity index (χ2v) is 5.70. The predicted octanol–water partition coefficient (Wildman–Crippen LogP) is 3.16. The molecule has 1 N–H and O–H groups in total. The summed E-state index contributed by atoms with van der Waals surface area (Å²) in [5.74, 6) is 0.685. The molecule has 0 unspecified atom stereocenters. The number of rotatable bonds is 5. The lowest BCUT2D eigenvalue weighted by atomic mass is 10.2. The molecule has 3 rings (SSSR count). The normalized spacial score (nSPS) is 16.7. The van der Waals surface area contributed by atoms with Gasteiger partial charge in [0.25, 0.3) is 5.91 Å². The molecule has 1 fully saturated rings. The zero-order chi connectivity index (χ0) is 16.9. The Balaban J connectivity index is 1.69. The molecule has 7 heteroatoms. The summed E-state index contributed by atoms with van der Waals surface area (Å²) in [4.78, 5) is 16.5. The number of amides is 1. The highest BCUT2D eigenvalue weighted by Crippen LogP contribution is 2.27. The molecule has 0 spiro atoms. The summed E-state index contributed by atoms with van der Waals surface area (Å²) in [5.41, 5.74) is 1.03. The fraction of sp³-hybridized carbons (Fsp3) is 0.294. The standard InChI is InChI=1S/C17H17ClN2O4/c1-22-15-3-2-12(9-14(15)18)20-17(21)11-4-6-19-16(8-11)24-13-5-7-23-10-13/h2-4,6,8-9,13H,5,7,10H2,1H3,(H,20,21)/t13-/m1/s1. The van der Waals surface area contributed by atoms with E-state index in [4.69, 9.17) is 25.8 Å². The van der Waals surface area contributed by atoms with Crippen LogP contribution in [0.15, 0.2) is 36.5 Å². The third-order valence-electron chi connectivity index (χ3n) is 3.58. The van der Waals surface area contributed by atoms with Crippen molar-refractivity contribution in [2.45, 2.75) is 12.5 Å². The molecule has 2 heterocycles. The predicted molar refractivity (Wildman–Crippen MR) is 90.0 cm³/mol. The van der Waals surface area contributed by atoms with Gasteiger partial charge in [-0.25, -0.2) is 4.98 Å². The Hall–Kier alpha value is -2.31. The minimum atomic E-state index is -0.272. The van der Waals surface area contributed by atoms with Crippen molar-refractivity contribution in [3.8, 4) is 11.6 Å². The van der Waals surface area contributed by atoms with Crippen LogP contribution in [0.1, 0.15) is 16.8 Å². The number of nitrogens with zero attached hydrogens (tertiary/aromatic N) is 1. The quantitative estimate of drug-likeness (QED) is 0.898. The summed E-state index contributed by atoms with van der Waals surface area (Å²) in [5, 5.41) is 3.21. The van der Waals surface area contributed by atoms with Crippen molar-refractivity contribution in [2.75, 3.05) is 25.6 Å². The number of methoxy groups -OCH3 is 1. The molecular formula is C17H17ClN2O4. The molecule has 0 radical (unpaired) electrons. The van der Waals surface area contributed by atoms with Gasteiger partial charge < -0.3 is 19.5 Å². The van der Waals surface area contributed by atoms with E-state index in [0.717, 1.165) is 6.42 Å². The van der Waals surface area contributed by atoms with E-state index in [2.05, 4.69) is 10.3 Å². The van der Waals surface area contributed by atoms with E-state index >= 15 is 0 Å². The van der Waals surface area contributed by atoms with Crippen LogP contribution in [-0.4, -0.2) is 37.3 Å². The number of ether oxygens (including phenoxy) is 3. The lowest BCUT2D eigenvalue weighted by Crippen LogP contribution is -2.17. The topological polar surface area (TPSA) is 69.7 Å².